The van der Waals surface area contributed by atoms with Crippen LogP contribution in [0.4, 0.5) is 5.69 Å². The summed E-state index contributed by atoms with van der Waals surface area (Å²) in [5, 5.41) is 7.90. The molecule has 1 N–H and O–H groups in total. The second kappa shape index (κ2) is 4.39. The highest BCUT2D eigenvalue weighted by atomic mass is 16.5. The molecule has 1 aromatic heterocycles. The Labute approximate surface area is 121 Å². The van der Waals surface area contributed by atoms with Crippen molar-refractivity contribution in [2.75, 3.05) is 19.1 Å². The molecule has 1 aliphatic rings. The molecule has 110 valence electrons. The third-order valence-corrected chi connectivity index (χ3v) is 4.31. The highest BCUT2D eigenvalue weighted by molar-refractivity contribution is 6.09. The van der Waals surface area contributed by atoms with Crippen LogP contribution in [0.3, 0.4) is 0 Å². The second-order valence-electron chi connectivity index (χ2n) is 5.37. The SMILES string of the molecule is CCc1n[nH]c(=O)c2cc3c(cc12)C(C)(OC)C(=O)N3C. The fourth-order valence-corrected chi connectivity index (χ4v) is 2.92. The summed E-state index contributed by atoms with van der Waals surface area (Å²) in [7, 11) is 3.20. The van der Waals surface area contributed by atoms with E-state index in [9.17, 15) is 9.59 Å². The Bertz CT molecular complexity index is 812. The number of ether oxygens (including phenoxy) is 1. The van der Waals surface area contributed by atoms with E-state index in [4.69, 9.17) is 4.74 Å². The van der Waals surface area contributed by atoms with Crippen molar-refractivity contribution in [3.63, 3.8) is 0 Å². The van der Waals surface area contributed by atoms with Crippen LogP contribution in [0.25, 0.3) is 10.8 Å². The van der Waals surface area contributed by atoms with Crippen LogP contribution >= 0.6 is 0 Å². The van der Waals surface area contributed by atoms with E-state index in [0.29, 0.717) is 17.5 Å². The molecule has 21 heavy (non-hydrogen) atoms. The number of aromatic amines is 1. The lowest BCUT2D eigenvalue weighted by atomic mass is 9.94. The van der Waals surface area contributed by atoms with Gasteiger partial charge in [-0.05, 0) is 25.5 Å². The van der Waals surface area contributed by atoms with Gasteiger partial charge in [-0.1, -0.05) is 6.92 Å². The number of methoxy groups -OCH3 is 1. The van der Waals surface area contributed by atoms with E-state index in [0.717, 1.165) is 16.6 Å². The zero-order chi connectivity index (χ0) is 15.4. The first-order valence-corrected chi connectivity index (χ1v) is 6.83. The summed E-state index contributed by atoms with van der Waals surface area (Å²) in [4.78, 5) is 26.0. The van der Waals surface area contributed by atoms with Crippen molar-refractivity contribution in [2.24, 2.45) is 0 Å². The molecule has 0 saturated heterocycles. The first-order chi connectivity index (χ1) is 9.93. The van der Waals surface area contributed by atoms with Gasteiger partial charge in [-0.2, -0.15) is 5.10 Å². The number of aromatic nitrogens is 2. The van der Waals surface area contributed by atoms with Crippen molar-refractivity contribution in [2.45, 2.75) is 25.9 Å². The van der Waals surface area contributed by atoms with E-state index >= 15 is 0 Å². The van der Waals surface area contributed by atoms with Gasteiger partial charge in [0.25, 0.3) is 11.5 Å². The highest BCUT2D eigenvalue weighted by Crippen LogP contribution is 2.43. The van der Waals surface area contributed by atoms with Gasteiger partial charge in [-0.3, -0.25) is 9.59 Å². The summed E-state index contributed by atoms with van der Waals surface area (Å²) in [5.41, 5.74) is 0.999. The van der Waals surface area contributed by atoms with E-state index in [2.05, 4.69) is 10.2 Å². The largest absolute Gasteiger partial charge is 0.364 e. The van der Waals surface area contributed by atoms with E-state index in [1.807, 2.05) is 13.0 Å². The number of nitrogens with zero attached hydrogens (tertiary/aromatic N) is 2. The van der Waals surface area contributed by atoms with Crippen molar-refractivity contribution < 1.29 is 9.53 Å². The maximum Gasteiger partial charge on any atom is 0.272 e. The summed E-state index contributed by atoms with van der Waals surface area (Å²) in [6.45, 7) is 3.72. The lowest BCUT2D eigenvalue weighted by Crippen LogP contribution is -2.37. The third kappa shape index (κ3) is 1.65. The van der Waals surface area contributed by atoms with Crippen molar-refractivity contribution in [1.29, 1.82) is 0 Å². The number of likely N-dealkylation sites (N-methyl/N-ethyl adjacent to an activating group) is 1. The number of rotatable bonds is 2. The van der Waals surface area contributed by atoms with E-state index in [1.165, 1.54) is 12.0 Å². The molecule has 6 heteroatoms. The molecule has 1 aliphatic heterocycles. The summed E-state index contributed by atoms with van der Waals surface area (Å²) >= 11 is 0. The average molecular weight is 287 g/mol. The van der Waals surface area contributed by atoms with E-state index in [1.54, 1.807) is 20.0 Å². The Hall–Kier alpha value is -2.21. The van der Waals surface area contributed by atoms with Gasteiger partial charge >= 0.3 is 0 Å². The number of carbonyl (C=O) groups excluding carboxylic acids is 1. The monoisotopic (exact) mass is 287 g/mol. The third-order valence-electron chi connectivity index (χ3n) is 4.31. The summed E-state index contributed by atoms with van der Waals surface area (Å²) in [6.07, 6.45) is 0.694. The summed E-state index contributed by atoms with van der Waals surface area (Å²) < 4.78 is 5.46. The molecule has 2 heterocycles. The Kier molecular flexibility index (Phi) is 2.88. The molecule has 0 spiro atoms. The predicted molar refractivity (Wildman–Crippen MR) is 79.5 cm³/mol. The smallest absolute Gasteiger partial charge is 0.272 e. The lowest BCUT2D eigenvalue weighted by molar-refractivity contribution is -0.137. The Balaban J connectivity index is 2.43. The molecular formula is C15H17N3O3. The van der Waals surface area contributed by atoms with Gasteiger partial charge in [-0.15, -0.1) is 0 Å². The van der Waals surface area contributed by atoms with Gasteiger partial charge in [0, 0.05) is 25.1 Å². The van der Waals surface area contributed by atoms with Crippen molar-refractivity contribution in [3.05, 3.63) is 33.7 Å². The standard InChI is InChI=1S/C15H17N3O3/c1-5-11-8-6-10-12(7-9(8)13(19)17-16-11)18(3)14(20)15(10,2)21-4/h6-7H,5H2,1-4H3,(H,17,19). The molecule has 0 radical (unpaired) electrons. The predicted octanol–water partition coefficient (Wildman–Crippen LogP) is 1.32. The second-order valence-corrected chi connectivity index (χ2v) is 5.37. The van der Waals surface area contributed by atoms with Crippen LogP contribution in [0.1, 0.15) is 25.1 Å². The van der Waals surface area contributed by atoms with Crippen LogP contribution in [0.5, 0.6) is 0 Å². The zero-order valence-corrected chi connectivity index (χ0v) is 12.5. The number of anilines is 1. The lowest BCUT2D eigenvalue weighted by Gasteiger charge is -2.21. The molecule has 0 bridgehead atoms. The van der Waals surface area contributed by atoms with Gasteiger partial charge in [-0.25, -0.2) is 5.10 Å². The minimum absolute atomic E-state index is 0.141. The maximum atomic E-state index is 12.4. The summed E-state index contributed by atoms with van der Waals surface area (Å²) in [6, 6.07) is 3.60. The van der Waals surface area contributed by atoms with Gasteiger partial charge in [0.15, 0.2) is 5.60 Å². The topological polar surface area (TPSA) is 75.3 Å². The molecule has 1 amide bonds. The molecule has 0 aliphatic carbocycles. The van der Waals surface area contributed by atoms with Gasteiger partial charge in [0.1, 0.15) is 0 Å². The van der Waals surface area contributed by atoms with E-state index < -0.39 is 5.60 Å². The van der Waals surface area contributed by atoms with Crippen LogP contribution in [-0.2, 0) is 21.6 Å². The number of hydrogen-bond donors (Lipinski definition) is 1. The number of benzene rings is 1. The Morgan fingerprint density at radius 1 is 1.33 bits per heavy atom. The maximum absolute atomic E-state index is 12.4. The van der Waals surface area contributed by atoms with Crippen LogP contribution < -0.4 is 10.5 Å². The van der Waals surface area contributed by atoms with Crippen LogP contribution in [0, 0.1) is 0 Å². The highest BCUT2D eigenvalue weighted by Gasteiger charge is 2.46. The molecule has 3 rings (SSSR count). The Morgan fingerprint density at radius 3 is 2.67 bits per heavy atom. The summed E-state index contributed by atoms with van der Waals surface area (Å²) in [5.74, 6) is -0.141. The number of amides is 1. The van der Waals surface area contributed by atoms with Crippen LogP contribution in [-0.4, -0.2) is 30.3 Å². The van der Waals surface area contributed by atoms with Crippen LogP contribution in [0.2, 0.25) is 0 Å². The molecule has 2 aromatic rings. The first-order valence-electron chi connectivity index (χ1n) is 6.83. The fourth-order valence-electron chi connectivity index (χ4n) is 2.92. The van der Waals surface area contributed by atoms with Crippen molar-refractivity contribution >= 4 is 22.4 Å². The number of nitrogens with one attached hydrogen (secondary N) is 1. The molecule has 0 fully saturated rings. The fraction of sp³-hybridized carbons (Fsp3) is 0.400. The number of aryl methyl sites for hydroxylation is 1. The molecule has 6 nitrogen and oxygen atoms in total. The number of H-pyrrole nitrogens is 1. The minimum atomic E-state index is -1.02. The van der Waals surface area contributed by atoms with Gasteiger partial charge < -0.3 is 9.64 Å². The Morgan fingerprint density at radius 2 is 2.05 bits per heavy atom. The minimum Gasteiger partial charge on any atom is -0.364 e. The molecule has 1 aromatic carbocycles. The van der Waals surface area contributed by atoms with Crippen LogP contribution in [0.15, 0.2) is 16.9 Å². The average Bonchev–Trinajstić information content (AvgIpc) is 2.69. The van der Waals surface area contributed by atoms with Crippen molar-refractivity contribution in [3.8, 4) is 0 Å². The van der Waals surface area contributed by atoms with Gasteiger partial charge in [0.2, 0.25) is 0 Å². The number of fused-ring (bicyclic) bond motifs is 2. The number of hydrogen-bond acceptors (Lipinski definition) is 4. The molecular weight excluding hydrogens is 270 g/mol. The number of carbonyl (C=O) groups is 1. The molecule has 0 saturated carbocycles. The molecule has 1 atom stereocenters. The first kappa shape index (κ1) is 13.8. The van der Waals surface area contributed by atoms with Crippen molar-refractivity contribution in [1.82, 2.24) is 10.2 Å². The molecule has 1 unspecified atom stereocenters. The van der Waals surface area contributed by atoms with E-state index in [-0.39, 0.29) is 11.5 Å². The van der Waals surface area contributed by atoms with Gasteiger partial charge in [0.05, 0.1) is 16.8 Å². The quantitative estimate of drug-likeness (QED) is 0.904. The normalized spacial score (nSPS) is 21.1. The zero-order valence-electron chi connectivity index (χ0n) is 12.5.